The SMILES string of the molecule is Cc1ccc([Te+](O[Te+](c2ccc(C)cc2)c2ccc(C)cc2)c2ccc(C)cc2)cc1. The molecule has 0 fully saturated rings. The van der Waals surface area contributed by atoms with Gasteiger partial charge < -0.3 is 0 Å². The molecule has 0 amide bonds. The van der Waals surface area contributed by atoms with Crippen molar-refractivity contribution in [2.45, 2.75) is 27.7 Å². The molecule has 156 valence electrons. The molecule has 0 heterocycles. The third-order valence-electron chi connectivity index (χ3n) is 5.08. The van der Waals surface area contributed by atoms with Crippen molar-refractivity contribution in [2.75, 3.05) is 0 Å². The van der Waals surface area contributed by atoms with Crippen LogP contribution in [0.15, 0.2) is 97.1 Å². The summed E-state index contributed by atoms with van der Waals surface area (Å²) in [7, 11) is 0. The van der Waals surface area contributed by atoms with Gasteiger partial charge in [0.1, 0.15) is 0 Å². The Morgan fingerprint density at radius 3 is 0.742 bits per heavy atom. The van der Waals surface area contributed by atoms with Crippen LogP contribution in [0.4, 0.5) is 0 Å². The molecule has 0 unspecified atom stereocenters. The van der Waals surface area contributed by atoms with E-state index in [4.69, 9.17) is 1.47 Å². The van der Waals surface area contributed by atoms with E-state index in [0.717, 1.165) is 0 Å². The average molecular weight is 636 g/mol. The number of hydrogen-bond acceptors (Lipinski definition) is 1. The van der Waals surface area contributed by atoms with Crippen LogP contribution in [0, 0.1) is 27.7 Å². The quantitative estimate of drug-likeness (QED) is 0.293. The summed E-state index contributed by atoms with van der Waals surface area (Å²) >= 11 is -4.46. The van der Waals surface area contributed by atoms with E-state index in [2.05, 4.69) is 125 Å². The minimum absolute atomic E-state index is 1.29. The van der Waals surface area contributed by atoms with Gasteiger partial charge in [0.15, 0.2) is 0 Å². The summed E-state index contributed by atoms with van der Waals surface area (Å²) in [6, 6.07) is 36.0. The van der Waals surface area contributed by atoms with E-state index in [0.29, 0.717) is 0 Å². The van der Waals surface area contributed by atoms with Gasteiger partial charge in [0.2, 0.25) is 0 Å². The van der Waals surface area contributed by atoms with Gasteiger partial charge in [0.05, 0.1) is 0 Å². The van der Waals surface area contributed by atoms with Crippen molar-refractivity contribution in [3.63, 3.8) is 0 Å². The summed E-state index contributed by atoms with van der Waals surface area (Å²) in [5.41, 5.74) is 5.16. The van der Waals surface area contributed by atoms with E-state index in [1.165, 1.54) is 36.7 Å². The molecule has 0 bridgehead atoms. The summed E-state index contributed by atoms with van der Waals surface area (Å²) < 4.78 is 12.8. The van der Waals surface area contributed by atoms with Crippen LogP contribution in [-0.4, -0.2) is 39.9 Å². The Hall–Kier alpha value is -1.58. The number of hydrogen-bond donors (Lipinski definition) is 0. The molecule has 0 N–H and O–H groups in total. The van der Waals surface area contributed by atoms with Crippen molar-refractivity contribution in [2.24, 2.45) is 0 Å². The molecule has 4 rings (SSSR count). The first-order valence-electron chi connectivity index (χ1n) is 10.4. The number of benzene rings is 4. The number of aryl methyl sites for hydroxylation is 4. The van der Waals surface area contributed by atoms with Crippen LogP contribution in [0.5, 0.6) is 0 Å². The van der Waals surface area contributed by atoms with E-state index in [-0.39, 0.29) is 0 Å². The van der Waals surface area contributed by atoms with Crippen LogP contribution in [-0.2, 0) is 1.47 Å². The number of rotatable bonds is 6. The molecular weight excluding hydrogens is 608 g/mol. The summed E-state index contributed by atoms with van der Waals surface area (Å²) in [5.74, 6) is 0. The van der Waals surface area contributed by atoms with E-state index >= 15 is 0 Å². The third kappa shape index (κ3) is 5.81. The molecule has 0 saturated carbocycles. The Bertz CT molecular complexity index is 932. The maximum absolute atomic E-state index is 7.29. The van der Waals surface area contributed by atoms with Crippen LogP contribution >= 0.6 is 0 Å². The molecule has 0 saturated heterocycles. The first-order chi connectivity index (χ1) is 15.0. The molecule has 0 atom stereocenters. The van der Waals surface area contributed by atoms with E-state index in [1.54, 1.807) is 0 Å². The van der Waals surface area contributed by atoms with Crippen LogP contribution in [0.3, 0.4) is 0 Å². The van der Waals surface area contributed by atoms with Gasteiger partial charge in [0.25, 0.3) is 0 Å². The molecule has 4 aromatic carbocycles. The van der Waals surface area contributed by atoms with Crippen molar-refractivity contribution < 1.29 is 1.47 Å². The van der Waals surface area contributed by atoms with Gasteiger partial charge >= 0.3 is 203 Å². The monoisotopic (exact) mass is 640 g/mol. The Labute approximate surface area is 201 Å². The zero-order chi connectivity index (χ0) is 21.8. The van der Waals surface area contributed by atoms with Gasteiger partial charge in [-0.05, 0) is 0 Å². The van der Waals surface area contributed by atoms with Crippen LogP contribution in [0.25, 0.3) is 0 Å². The van der Waals surface area contributed by atoms with Crippen molar-refractivity contribution in [3.8, 4) is 0 Å². The van der Waals surface area contributed by atoms with Crippen molar-refractivity contribution in [3.05, 3.63) is 119 Å². The van der Waals surface area contributed by atoms with Gasteiger partial charge in [-0.1, -0.05) is 0 Å². The molecule has 0 spiro atoms. The molecule has 31 heavy (non-hydrogen) atoms. The maximum atomic E-state index is 7.29. The Kier molecular flexibility index (Phi) is 7.55. The van der Waals surface area contributed by atoms with Crippen LogP contribution in [0.1, 0.15) is 22.3 Å². The van der Waals surface area contributed by atoms with Crippen molar-refractivity contribution in [1.29, 1.82) is 0 Å². The van der Waals surface area contributed by atoms with Gasteiger partial charge in [-0.2, -0.15) is 0 Å². The molecular formula is C28H28OTe2+2. The fraction of sp³-hybridized carbons (Fsp3) is 0.143. The molecule has 0 aromatic heterocycles. The molecule has 0 aliphatic heterocycles. The van der Waals surface area contributed by atoms with Crippen molar-refractivity contribution in [1.82, 2.24) is 0 Å². The van der Waals surface area contributed by atoms with Crippen LogP contribution < -0.4 is 14.4 Å². The standard InChI is InChI=1S/C28H28OTe2/c1-21-5-13-25(14-6-21)30(26-15-7-22(2)8-16-26)29-31(27-17-9-23(3)10-18-27)28-19-11-24(4)12-20-28/h5-20H,1-4H3/q+2. The Balaban J connectivity index is 1.79. The van der Waals surface area contributed by atoms with E-state index in [9.17, 15) is 0 Å². The molecule has 0 aliphatic carbocycles. The molecule has 4 aromatic rings. The summed E-state index contributed by atoms with van der Waals surface area (Å²) in [5, 5.41) is 0. The van der Waals surface area contributed by atoms with Crippen molar-refractivity contribution >= 4 is 54.4 Å². The van der Waals surface area contributed by atoms with Crippen LogP contribution in [0.2, 0.25) is 0 Å². The topological polar surface area (TPSA) is 9.23 Å². The van der Waals surface area contributed by atoms with E-state index < -0.39 is 39.9 Å². The molecule has 0 aliphatic rings. The van der Waals surface area contributed by atoms with E-state index in [1.807, 2.05) is 0 Å². The summed E-state index contributed by atoms with van der Waals surface area (Å²) in [6.45, 7) is 8.59. The fourth-order valence-electron chi connectivity index (χ4n) is 3.14. The first-order valence-corrected chi connectivity index (χ1v) is 17.0. The first kappa shape index (κ1) is 22.6. The Morgan fingerprint density at radius 1 is 0.355 bits per heavy atom. The van der Waals surface area contributed by atoms with Gasteiger partial charge in [-0.15, -0.1) is 0 Å². The van der Waals surface area contributed by atoms with Gasteiger partial charge in [-0.25, -0.2) is 0 Å². The predicted octanol–water partition coefficient (Wildman–Crippen LogP) is 3.85. The Morgan fingerprint density at radius 2 is 0.548 bits per heavy atom. The second-order valence-electron chi connectivity index (χ2n) is 7.86. The second kappa shape index (κ2) is 10.4. The second-order valence-corrected chi connectivity index (χ2v) is 19.3. The average Bonchev–Trinajstić information content (AvgIpc) is 2.78. The summed E-state index contributed by atoms with van der Waals surface area (Å²) in [6.07, 6.45) is 0. The fourth-order valence-corrected chi connectivity index (χ4v) is 19.0. The normalized spacial score (nSPS) is 11.3. The van der Waals surface area contributed by atoms with Gasteiger partial charge in [0, 0.05) is 0 Å². The van der Waals surface area contributed by atoms with Gasteiger partial charge in [-0.3, -0.25) is 0 Å². The molecule has 1 nitrogen and oxygen atoms in total. The zero-order valence-corrected chi connectivity index (χ0v) is 23.1. The minimum atomic E-state index is -2.23. The predicted molar refractivity (Wildman–Crippen MR) is 136 cm³/mol. The third-order valence-corrected chi connectivity index (χ3v) is 19.1. The molecule has 0 radical (unpaired) electrons. The summed E-state index contributed by atoms with van der Waals surface area (Å²) in [4.78, 5) is 0. The molecule has 3 heteroatoms. The zero-order valence-electron chi connectivity index (χ0n) is 18.5.